The molecule has 4 nitrogen and oxygen atoms in total. The molecule has 0 saturated carbocycles. The van der Waals surface area contributed by atoms with E-state index in [2.05, 4.69) is 20.6 Å². The van der Waals surface area contributed by atoms with Crippen molar-refractivity contribution in [2.24, 2.45) is 5.92 Å². The zero-order chi connectivity index (χ0) is 11.7. The quantitative estimate of drug-likeness (QED) is 0.767. The van der Waals surface area contributed by atoms with E-state index in [-0.39, 0.29) is 0 Å². The Balaban J connectivity index is 1.63. The molecule has 3 heterocycles. The molecule has 2 aliphatic rings. The van der Waals surface area contributed by atoms with E-state index in [9.17, 15) is 0 Å². The molecule has 2 bridgehead atoms. The number of ether oxygens (including phenoxy) is 1. The minimum Gasteiger partial charge on any atom is -0.470 e. The van der Waals surface area contributed by atoms with Gasteiger partial charge in [-0.1, -0.05) is 18.7 Å². The van der Waals surface area contributed by atoms with Crippen LogP contribution in [0.5, 0.6) is 5.88 Å². The number of aromatic nitrogens is 2. The Bertz CT molecular complexity index is 385. The van der Waals surface area contributed by atoms with Crippen molar-refractivity contribution in [1.29, 1.82) is 0 Å². The first kappa shape index (κ1) is 11.7. The largest absolute Gasteiger partial charge is 0.470 e. The van der Waals surface area contributed by atoms with Crippen LogP contribution in [-0.2, 0) is 0 Å². The molecule has 0 spiro atoms. The molecule has 0 radical (unpaired) electrons. The maximum atomic E-state index is 6.05. The first-order valence-electron chi connectivity index (χ1n) is 6.21. The molecule has 2 saturated heterocycles. The van der Waals surface area contributed by atoms with Crippen molar-refractivity contribution in [3.8, 4) is 5.88 Å². The normalized spacial score (nSPS) is 31.0. The monoisotopic (exact) mass is 271 g/mol. The summed E-state index contributed by atoms with van der Waals surface area (Å²) in [5, 5.41) is 0.981. The number of thioether (sulfide) groups is 1. The molecule has 94 valence electrons. The molecule has 1 aromatic rings. The van der Waals surface area contributed by atoms with Gasteiger partial charge in [0.05, 0.1) is 11.7 Å². The maximum absolute atomic E-state index is 6.05. The molecular weight excluding hydrogens is 254 g/mol. The van der Waals surface area contributed by atoms with Crippen LogP contribution in [0.2, 0.25) is 0 Å². The summed E-state index contributed by atoms with van der Waals surface area (Å²) in [6.45, 7) is 5.70. The molecule has 3 atom stereocenters. The fraction of sp³-hybridized carbons (Fsp3) is 0.818. The van der Waals surface area contributed by atoms with Gasteiger partial charge in [-0.15, -0.1) is 4.37 Å². The Kier molecular flexibility index (Phi) is 3.54. The van der Waals surface area contributed by atoms with Crippen molar-refractivity contribution in [2.75, 3.05) is 25.4 Å². The van der Waals surface area contributed by atoms with E-state index in [4.69, 9.17) is 4.74 Å². The van der Waals surface area contributed by atoms with Gasteiger partial charge in [-0.05, 0) is 25.1 Å². The second kappa shape index (κ2) is 5.12. The molecule has 0 aromatic carbocycles. The van der Waals surface area contributed by atoms with Gasteiger partial charge < -0.3 is 4.74 Å². The third kappa shape index (κ3) is 2.44. The number of fused-ring (bicyclic) bond motifs is 2. The van der Waals surface area contributed by atoms with E-state index in [1.54, 1.807) is 11.8 Å². The minimum absolute atomic E-state index is 0.341. The van der Waals surface area contributed by atoms with Gasteiger partial charge in [0, 0.05) is 19.0 Å². The number of hydrogen-bond acceptors (Lipinski definition) is 6. The smallest absolute Gasteiger partial charge is 0.260 e. The van der Waals surface area contributed by atoms with E-state index >= 15 is 0 Å². The highest BCUT2D eigenvalue weighted by Gasteiger charge is 2.40. The summed E-state index contributed by atoms with van der Waals surface area (Å²) in [7, 11) is 0. The van der Waals surface area contributed by atoms with E-state index in [0.29, 0.717) is 12.0 Å². The van der Waals surface area contributed by atoms with Gasteiger partial charge in [0.15, 0.2) is 5.03 Å². The predicted octanol–water partition coefficient (Wildman–Crippen LogP) is 2.12. The summed E-state index contributed by atoms with van der Waals surface area (Å²) >= 11 is 3.02. The second-order valence-electron chi connectivity index (χ2n) is 4.69. The third-order valence-electron chi connectivity index (χ3n) is 3.41. The summed E-state index contributed by atoms with van der Waals surface area (Å²) in [4.78, 5) is 2.48. The van der Waals surface area contributed by atoms with Crippen LogP contribution in [0.25, 0.3) is 0 Å². The second-order valence-corrected chi connectivity index (χ2v) is 6.30. The van der Waals surface area contributed by atoms with Crippen molar-refractivity contribution in [2.45, 2.75) is 30.9 Å². The van der Waals surface area contributed by atoms with Crippen LogP contribution in [0.1, 0.15) is 19.8 Å². The van der Waals surface area contributed by atoms with E-state index < -0.39 is 0 Å². The highest BCUT2D eigenvalue weighted by atomic mass is 32.2. The van der Waals surface area contributed by atoms with Gasteiger partial charge in [-0.3, -0.25) is 4.90 Å². The minimum atomic E-state index is 0.341. The average molecular weight is 271 g/mol. The van der Waals surface area contributed by atoms with Gasteiger partial charge >= 0.3 is 0 Å². The zero-order valence-electron chi connectivity index (χ0n) is 9.96. The molecule has 3 rings (SSSR count). The van der Waals surface area contributed by atoms with Gasteiger partial charge in [-0.25, -0.2) is 0 Å². The van der Waals surface area contributed by atoms with Crippen LogP contribution in [0, 0.1) is 5.92 Å². The fourth-order valence-electron chi connectivity index (χ4n) is 2.54. The van der Waals surface area contributed by atoms with Crippen LogP contribution >= 0.6 is 23.5 Å². The topological polar surface area (TPSA) is 38.3 Å². The first-order chi connectivity index (χ1) is 8.36. The molecule has 17 heavy (non-hydrogen) atoms. The standard InChI is InChI=1S/C11H17N3OS2/c1-2-5-16-11-10(12-17-13-11)15-9-7-14-4-3-8(9)6-14/h8-9H,2-7H2,1H3/t8-,9+/m0/s1. The van der Waals surface area contributed by atoms with Crippen molar-refractivity contribution in [1.82, 2.24) is 13.6 Å². The lowest BCUT2D eigenvalue weighted by Gasteiger charge is -2.22. The van der Waals surface area contributed by atoms with Crippen LogP contribution in [0.3, 0.4) is 0 Å². The SMILES string of the molecule is CCCSc1nsnc1O[C@@H]1CN2CC[C@H]1C2. The summed E-state index contributed by atoms with van der Waals surface area (Å²) < 4.78 is 14.6. The molecule has 0 aliphatic carbocycles. The lowest BCUT2D eigenvalue weighted by atomic mass is 10.0. The summed E-state index contributed by atoms with van der Waals surface area (Å²) in [5.41, 5.74) is 0. The summed E-state index contributed by atoms with van der Waals surface area (Å²) in [6.07, 6.45) is 2.77. The van der Waals surface area contributed by atoms with Gasteiger partial charge in [0.1, 0.15) is 6.10 Å². The number of rotatable bonds is 5. The van der Waals surface area contributed by atoms with Crippen molar-refractivity contribution >= 4 is 23.5 Å². The van der Waals surface area contributed by atoms with Crippen molar-refractivity contribution in [3.05, 3.63) is 0 Å². The highest BCUT2D eigenvalue weighted by molar-refractivity contribution is 7.99. The Morgan fingerprint density at radius 1 is 1.47 bits per heavy atom. The molecule has 2 aliphatic heterocycles. The fourth-order valence-corrected chi connectivity index (χ4v) is 3.92. The van der Waals surface area contributed by atoms with E-state index in [1.807, 2.05) is 0 Å². The molecule has 2 fully saturated rings. The summed E-state index contributed by atoms with van der Waals surface area (Å²) in [5.74, 6) is 2.56. The van der Waals surface area contributed by atoms with Crippen LogP contribution in [0.4, 0.5) is 0 Å². The average Bonchev–Trinajstić information content (AvgIpc) is 3.02. The van der Waals surface area contributed by atoms with E-state index in [0.717, 1.165) is 29.6 Å². The molecule has 1 aromatic heterocycles. The summed E-state index contributed by atoms with van der Waals surface area (Å²) in [6, 6.07) is 0. The molecular formula is C11H17N3OS2. The van der Waals surface area contributed by atoms with Gasteiger partial charge in [0.25, 0.3) is 5.88 Å². The number of piperidine rings is 1. The van der Waals surface area contributed by atoms with Gasteiger partial charge in [0.2, 0.25) is 0 Å². The molecule has 1 unspecified atom stereocenters. The van der Waals surface area contributed by atoms with Crippen LogP contribution in [-0.4, -0.2) is 45.1 Å². The number of nitrogens with zero attached hydrogens (tertiary/aromatic N) is 3. The Hall–Kier alpha value is -0.330. The Labute approximate surface area is 110 Å². The Morgan fingerprint density at radius 3 is 3.12 bits per heavy atom. The van der Waals surface area contributed by atoms with E-state index in [1.165, 1.54) is 31.2 Å². The van der Waals surface area contributed by atoms with Crippen molar-refractivity contribution < 1.29 is 4.74 Å². The van der Waals surface area contributed by atoms with Crippen molar-refractivity contribution in [3.63, 3.8) is 0 Å². The molecule has 0 N–H and O–H groups in total. The van der Waals surface area contributed by atoms with Gasteiger partial charge in [-0.2, -0.15) is 4.37 Å². The number of hydrogen-bond donors (Lipinski definition) is 0. The Morgan fingerprint density at radius 2 is 2.41 bits per heavy atom. The molecule has 6 heteroatoms. The highest BCUT2D eigenvalue weighted by Crippen LogP contribution is 2.34. The van der Waals surface area contributed by atoms with Crippen LogP contribution < -0.4 is 4.74 Å². The lowest BCUT2D eigenvalue weighted by Crippen LogP contribution is -2.32. The molecule has 0 amide bonds. The first-order valence-corrected chi connectivity index (χ1v) is 7.92. The predicted molar refractivity (Wildman–Crippen MR) is 69.9 cm³/mol. The maximum Gasteiger partial charge on any atom is 0.260 e. The zero-order valence-corrected chi connectivity index (χ0v) is 11.6. The van der Waals surface area contributed by atoms with Crippen LogP contribution in [0.15, 0.2) is 5.03 Å². The lowest BCUT2D eigenvalue weighted by molar-refractivity contribution is 0.133. The third-order valence-corrected chi connectivity index (χ3v) is 5.19.